The summed E-state index contributed by atoms with van der Waals surface area (Å²) in [5.74, 6) is -1.01. The first-order valence-electron chi connectivity index (χ1n) is 8.26. The highest BCUT2D eigenvalue weighted by atomic mass is 19.1. The van der Waals surface area contributed by atoms with E-state index < -0.39 is 0 Å². The van der Waals surface area contributed by atoms with E-state index in [0.29, 0.717) is 18.4 Å². The first-order chi connectivity index (χ1) is 12.6. The highest BCUT2D eigenvalue weighted by Crippen LogP contribution is 2.15. The molecule has 0 aromatic heterocycles. The molecule has 134 valence electrons. The van der Waals surface area contributed by atoms with Gasteiger partial charge < -0.3 is 10.2 Å². The highest BCUT2D eigenvalue weighted by molar-refractivity contribution is 5.92. The van der Waals surface area contributed by atoms with Gasteiger partial charge in [-0.05, 0) is 29.8 Å². The molecule has 1 atom stereocenters. The minimum atomic E-state index is -0.383. The molecule has 1 heterocycles. The Morgan fingerprint density at radius 2 is 2.08 bits per heavy atom. The second-order valence-corrected chi connectivity index (χ2v) is 6.00. The minimum Gasteiger partial charge on any atom is -0.390 e. The highest BCUT2D eigenvalue weighted by Gasteiger charge is 2.21. The molecule has 0 saturated carbocycles. The van der Waals surface area contributed by atoms with Crippen molar-refractivity contribution in [1.29, 1.82) is 0 Å². The molecule has 4 nitrogen and oxygen atoms in total. The fourth-order valence-electron chi connectivity index (χ4n) is 2.63. The van der Waals surface area contributed by atoms with Gasteiger partial charge in [0, 0.05) is 24.5 Å². The minimum absolute atomic E-state index is 0.260. The molecule has 3 rings (SSSR count). The molecule has 1 aliphatic rings. The van der Waals surface area contributed by atoms with Gasteiger partial charge in [0.1, 0.15) is 17.7 Å². The Morgan fingerprint density at radius 1 is 1.23 bits per heavy atom. The molecule has 0 fully saturated rings. The van der Waals surface area contributed by atoms with E-state index in [-0.39, 0.29) is 30.2 Å². The van der Waals surface area contributed by atoms with Crippen molar-refractivity contribution in [2.24, 2.45) is 5.16 Å². The average Bonchev–Trinajstić information content (AvgIpc) is 3.07. The summed E-state index contributed by atoms with van der Waals surface area (Å²) in [7, 11) is 0. The summed E-state index contributed by atoms with van der Waals surface area (Å²) in [4.78, 5) is 17.1. The number of rotatable bonds is 6. The summed E-state index contributed by atoms with van der Waals surface area (Å²) in [5, 5.41) is 6.70. The fraction of sp³-hybridized carbons (Fsp3) is 0.200. The summed E-state index contributed by atoms with van der Waals surface area (Å²) in [6.07, 6.45) is 3.52. The van der Waals surface area contributed by atoms with Gasteiger partial charge in [-0.1, -0.05) is 35.5 Å². The van der Waals surface area contributed by atoms with Gasteiger partial charge in [0.2, 0.25) is 5.91 Å². The summed E-state index contributed by atoms with van der Waals surface area (Å²) in [5.41, 5.74) is 1.97. The Kier molecular flexibility index (Phi) is 5.73. The standard InChI is InChI=1S/C20H18F2N2O2/c21-16-6-3-4-14(10-16)11-17-12-18(26-24-17)13-23-20(25)9-8-15-5-1-2-7-19(15)22/h1-10,18H,11-13H2,(H,23,25). The van der Waals surface area contributed by atoms with Crippen molar-refractivity contribution in [2.45, 2.75) is 18.9 Å². The van der Waals surface area contributed by atoms with E-state index in [9.17, 15) is 13.6 Å². The van der Waals surface area contributed by atoms with E-state index in [4.69, 9.17) is 4.84 Å². The van der Waals surface area contributed by atoms with Crippen LogP contribution in [0.4, 0.5) is 8.78 Å². The second-order valence-electron chi connectivity index (χ2n) is 6.00. The Balaban J connectivity index is 1.43. The van der Waals surface area contributed by atoms with Crippen LogP contribution in [-0.2, 0) is 16.1 Å². The maximum atomic E-state index is 13.5. The van der Waals surface area contributed by atoms with Crippen molar-refractivity contribution in [3.8, 4) is 0 Å². The van der Waals surface area contributed by atoms with Crippen LogP contribution in [0, 0.1) is 11.6 Å². The summed E-state index contributed by atoms with van der Waals surface area (Å²) in [6.45, 7) is 0.288. The van der Waals surface area contributed by atoms with Crippen LogP contribution < -0.4 is 5.32 Å². The Bertz CT molecular complexity index is 849. The van der Waals surface area contributed by atoms with Crippen LogP contribution in [0.2, 0.25) is 0 Å². The molecule has 0 aliphatic carbocycles. The molecular formula is C20H18F2N2O2. The third kappa shape index (κ3) is 4.99. The average molecular weight is 356 g/mol. The first kappa shape index (κ1) is 17.8. The van der Waals surface area contributed by atoms with Crippen LogP contribution >= 0.6 is 0 Å². The van der Waals surface area contributed by atoms with Crippen molar-refractivity contribution in [1.82, 2.24) is 5.32 Å². The lowest BCUT2D eigenvalue weighted by Crippen LogP contribution is -2.31. The van der Waals surface area contributed by atoms with E-state index in [1.807, 2.05) is 6.07 Å². The normalized spacial score (nSPS) is 16.4. The third-order valence-corrected chi connectivity index (χ3v) is 3.91. The van der Waals surface area contributed by atoms with Crippen LogP contribution in [0.3, 0.4) is 0 Å². The maximum Gasteiger partial charge on any atom is 0.244 e. The number of benzene rings is 2. The van der Waals surface area contributed by atoms with Crippen molar-refractivity contribution >= 4 is 17.7 Å². The van der Waals surface area contributed by atoms with Crippen molar-refractivity contribution in [3.63, 3.8) is 0 Å². The number of hydrogen-bond acceptors (Lipinski definition) is 3. The van der Waals surface area contributed by atoms with E-state index in [1.165, 1.54) is 30.4 Å². The van der Waals surface area contributed by atoms with E-state index in [0.717, 1.165) is 11.3 Å². The van der Waals surface area contributed by atoms with Gasteiger partial charge in [0.25, 0.3) is 0 Å². The molecule has 0 spiro atoms. The fourth-order valence-corrected chi connectivity index (χ4v) is 2.63. The van der Waals surface area contributed by atoms with Gasteiger partial charge in [-0.2, -0.15) is 0 Å². The molecule has 1 aliphatic heterocycles. The van der Waals surface area contributed by atoms with Gasteiger partial charge in [0.15, 0.2) is 0 Å². The van der Waals surface area contributed by atoms with Crippen molar-refractivity contribution in [3.05, 3.63) is 77.4 Å². The van der Waals surface area contributed by atoms with Crippen molar-refractivity contribution in [2.75, 3.05) is 6.54 Å². The molecule has 0 radical (unpaired) electrons. The molecule has 1 N–H and O–H groups in total. The lowest BCUT2D eigenvalue weighted by Gasteiger charge is -2.08. The lowest BCUT2D eigenvalue weighted by molar-refractivity contribution is -0.117. The number of amides is 1. The summed E-state index contributed by atoms with van der Waals surface area (Å²) >= 11 is 0. The lowest BCUT2D eigenvalue weighted by atomic mass is 10.0. The first-order valence-corrected chi connectivity index (χ1v) is 8.26. The quantitative estimate of drug-likeness (QED) is 0.806. The van der Waals surface area contributed by atoms with Crippen LogP contribution in [0.25, 0.3) is 6.08 Å². The summed E-state index contributed by atoms with van der Waals surface area (Å²) in [6, 6.07) is 12.5. The van der Waals surface area contributed by atoms with Crippen LogP contribution in [0.1, 0.15) is 17.5 Å². The van der Waals surface area contributed by atoms with Gasteiger partial charge >= 0.3 is 0 Å². The predicted octanol–water partition coefficient (Wildman–Crippen LogP) is 3.48. The second kappa shape index (κ2) is 8.38. The van der Waals surface area contributed by atoms with Gasteiger partial charge in [-0.3, -0.25) is 4.79 Å². The topological polar surface area (TPSA) is 50.7 Å². The smallest absolute Gasteiger partial charge is 0.244 e. The van der Waals surface area contributed by atoms with E-state index in [1.54, 1.807) is 24.3 Å². The number of oxime groups is 1. The zero-order valence-electron chi connectivity index (χ0n) is 14.0. The molecule has 0 saturated heterocycles. The van der Waals surface area contributed by atoms with Crippen LogP contribution in [0.15, 0.2) is 59.8 Å². The molecular weight excluding hydrogens is 338 g/mol. The molecule has 1 unspecified atom stereocenters. The number of halogens is 2. The Labute approximate surface area is 150 Å². The number of carbonyl (C=O) groups excluding carboxylic acids is 1. The maximum absolute atomic E-state index is 13.5. The van der Waals surface area contributed by atoms with Gasteiger partial charge in [0.05, 0.1) is 12.3 Å². The number of nitrogens with one attached hydrogen (secondary N) is 1. The van der Waals surface area contributed by atoms with E-state index in [2.05, 4.69) is 10.5 Å². The molecule has 26 heavy (non-hydrogen) atoms. The SMILES string of the molecule is O=C(C=Cc1ccccc1F)NCC1CC(Cc2cccc(F)c2)=NO1. The Hall–Kier alpha value is -3.02. The molecule has 2 aromatic carbocycles. The molecule has 6 heteroatoms. The van der Waals surface area contributed by atoms with Crippen LogP contribution in [0.5, 0.6) is 0 Å². The largest absolute Gasteiger partial charge is 0.390 e. The van der Waals surface area contributed by atoms with Crippen molar-refractivity contribution < 1.29 is 18.4 Å². The van der Waals surface area contributed by atoms with E-state index >= 15 is 0 Å². The van der Waals surface area contributed by atoms with Gasteiger partial charge in [-0.25, -0.2) is 8.78 Å². The third-order valence-electron chi connectivity index (χ3n) is 3.91. The monoisotopic (exact) mass is 356 g/mol. The Morgan fingerprint density at radius 3 is 2.88 bits per heavy atom. The zero-order valence-corrected chi connectivity index (χ0v) is 14.0. The number of carbonyl (C=O) groups is 1. The van der Waals surface area contributed by atoms with Crippen LogP contribution in [-0.4, -0.2) is 24.3 Å². The number of nitrogens with zero attached hydrogens (tertiary/aromatic N) is 1. The molecule has 0 bridgehead atoms. The predicted molar refractivity (Wildman–Crippen MR) is 95.5 cm³/mol. The van der Waals surface area contributed by atoms with Gasteiger partial charge in [-0.15, -0.1) is 0 Å². The zero-order chi connectivity index (χ0) is 18.4. The molecule has 2 aromatic rings. The summed E-state index contributed by atoms with van der Waals surface area (Å²) < 4.78 is 26.7. The number of hydrogen-bond donors (Lipinski definition) is 1. The molecule has 1 amide bonds.